The summed E-state index contributed by atoms with van der Waals surface area (Å²) in [4.78, 5) is 14.4. The fraction of sp³-hybridized carbons (Fsp3) is 0.636. The number of anilines is 1. The van der Waals surface area contributed by atoms with E-state index < -0.39 is 11.9 Å². The van der Waals surface area contributed by atoms with Gasteiger partial charge in [-0.3, -0.25) is 4.79 Å². The first-order chi connectivity index (χ1) is 14.6. The van der Waals surface area contributed by atoms with Gasteiger partial charge in [0, 0.05) is 24.2 Å². The van der Waals surface area contributed by atoms with Crippen molar-refractivity contribution in [3.63, 3.8) is 0 Å². The molecule has 2 heterocycles. The van der Waals surface area contributed by atoms with Crippen molar-refractivity contribution in [1.29, 1.82) is 0 Å². The maximum atomic E-state index is 11.9. The Labute approximate surface area is 178 Å². The Morgan fingerprint density at radius 3 is 2.73 bits per heavy atom. The lowest BCUT2D eigenvalue weighted by atomic mass is 9.83. The maximum Gasteiger partial charge on any atom is 0.307 e. The van der Waals surface area contributed by atoms with E-state index >= 15 is 0 Å². The van der Waals surface area contributed by atoms with Crippen molar-refractivity contribution in [2.24, 2.45) is 5.92 Å². The van der Waals surface area contributed by atoms with Crippen molar-refractivity contribution in [3.8, 4) is 0 Å². The van der Waals surface area contributed by atoms with Crippen molar-refractivity contribution >= 4 is 11.7 Å². The van der Waals surface area contributed by atoms with Crippen LogP contribution in [0.2, 0.25) is 0 Å². The molecule has 1 unspecified atom stereocenters. The van der Waals surface area contributed by atoms with Crippen LogP contribution in [0.4, 0.5) is 5.69 Å². The number of carboxylic acids is 1. The highest BCUT2D eigenvalue weighted by molar-refractivity contribution is 5.71. The number of likely N-dealkylation sites (tertiary alicyclic amines) is 1. The minimum Gasteiger partial charge on any atom is -0.481 e. The summed E-state index contributed by atoms with van der Waals surface area (Å²) < 4.78 is 0. The van der Waals surface area contributed by atoms with Gasteiger partial charge in [0.25, 0.3) is 0 Å². The molecule has 0 spiro atoms. The highest BCUT2D eigenvalue weighted by Crippen LogP contribution is 2.30. The summed E-state index contributed by atoms with van der Waals surface area (Å²) in [5, 5.41) is 27.7. The quantitative estimate of drug-likeness (QED) is 0.518. The van der Waals surface area contributed by atoms with Gasteiger partial charge in [0.15, 0.2) is 5.82 Å². The van der Waals surface area contributed by atoms with Gasteiger partial charge in [-0.15, -0.1) is 10.2 Å². The molecular weight excluding hydrogens is 380 g/mol. The van der Waals surface area contributed by atoms with E-state index in [1.165, 1.54) is 25.8 Å². The molecule has 0 aliphatic carbocycles. The second-order valence-corrected chi connectivity index (χ2v) is 8.30. The molecule has 2 aromatic rings. The van der Waals surface area contributed by atoms with Crippen molar-refractivity contribution < 1.29 is 9.90 Å². The Hall–Kier alpha value is -2.48. The number of carboxylic acid groups (broad SMARTS) is 1. The molecule has 1 aliphatic heterocycles. The molecule has 8 heteroatoms. The Balaban J connectivity index is 1.66. The van der Waals surface area contributed by atoms with Crippen molar-refractivity contribution in [1.82, 2.24) is 25.5 Å². The highest BCUT2D eigenvalue weighted by atomic mass is 16.4. The van der Waals surface area contributed by atoms with Gasteiger partial charge >= 0.3 is 5.97 Å². The zero-order chi connectivity index (χ0) is 21.3. The van der Waals surface area contributed by atoms with E-state index in [-0.39, 0.29) is 5.92 Å². The number of aromatic nitrogens is 4. The molecule has 0 radical (unpaired) electrons. The predicted molar refractivity (Wildman–Crippen MR) is 116 cm³/mol. The van der Waals surface area contributed by atoms with Gasteiger partial charge < -0.3 is 15.3 Å². The molecule has 1 aromatic heterocycles. The predicted octanol–water partition coefficient (Wildman–Crippen LogP) is 3.31. The van der Waals surface area contributed by atoms with Crippen LogP contribution in [-0.2, 0) is 11.2 Å². The van der Waals surface area contributed by atoms with Gasteiger partial charge in [0.1, 0.15) is 0 Å². The van der Waals surface area contributed by atoms with E-state index in [9.17, 15) is 9.90 Å². The lowest BCUT2D eigenvalue weighted by Gasteiger charge is -2.33. The average molecular weight is 415 g/mol. The first kappa shape index (κ1) is 22.2. The lowest BCUT2D eigenvalue weighted by Crippen LogP contribution is -2.42. The summed E-state index contributed by atoms with van der Waals surface area (Å²) in [6, 6.07) is 8.82. The second-order valence-electron chi connectivity index (χ2n) is 8.30. The largest absolute Gasteiger partial charge is 0.481 e. The number of rotatable bonds is 11. The third kappa shape index (κ3) is 6.01. The lowest BCUT2D eigenvalue weighted by molar-refractivity contribution is -0.142. The third-order valence-corrected chi connectivity index (χ3v) is 5.92. The Morgan fingerprint density at radius 1 is 1.30 bits per heavy atom. The molecule has 1 fully saturated rings. The van der Waals surface area contributed by atoms with Crippen LogP contribution >= 0.6 is 0 Å². The number of aliphatic carboxylic acids is 1. The Bertz CT molecular complexity index is 762. The standard InChI is InChI=1S/C22H34N6O2/c1-3-6-19(22(29)30)20(21-24-26-27-25-21)14-16-8-10-17(11-9-16)23-18-7-5-13-28(15-18)12-4-2/h8-11,18-20,23H,3-7,12-15H2,1-2H3,(H,29,30)(H,24,25,26,27)/t18?,19-,20-/m0/s1. The number of nitrogens with zero attached hydrogens (tertiary/aromatic N) is 4. The molecule has 1 aliphatic rings. The smallest absolute Gasteiger partial charge is 0.307 e. The van der Waals surface area contributed by atoms with Gasteiger partial charge in [-0.2, -0.15) is 5.21 Å². The minimum atomic E-state index is -0.807. The number of hydrogen-bond donors (Lipinski definition) is 3. The van der Waals surface area contributed by atoms with E-state index in [2.05, 4.69) is 62.0 Å². The molecule has 164 valence electrons. The fourth-order valence-electron chi connectivity index (χ4n) is 4.47. The van der Waals surface area contributed by atoms with Crippen molar-refractivity contribution in [3.05, 3.63) is 35.7 Å². The molecule has 1 aromatic carbocycles. The molecule has 3 atom stereocenters. The van der Waals surface area contributed by atoms with Crippen LogP contribution in [0.5, 0.6) is 0 Å². The highest BCUT2D eigenvalue weighted by Gasteiger charge is 2.32. The summed E-state index contributed by atoms with van der Waals surface area (Å²) in [6.07, 6.45) is 5.58. The summed E-state index contributed by atoms with van der Waals surface area (Å²) in [5.74, 6) is -1.17. The maximum absolute atomic E-state index is 11.9. The summed E-state index contributed by atoms with van der Waals surface area (Å²) in [6.45, 7) is 7.68. The summed E-state index contributed by atoms with van der Waals surface area (Å²) in [5.41, 5.74) is 2.19. The van der Waals surface area contributed by atoms with E-state index in [1.54, 1.807) is 0 Å². The zero-order valence-electron chi connectivity index (χ0n) is 18.0. The van der Waals surface area contributed by atoms with Crippen LogP contribution in [0.3, 0.4) is 0 Å². The zero-order valence-corrected chi connectivity index (χ0v) is 18.0. The molecule has 30 heavy (non-hydrogen) atoms. The molecule has 0 saturated carbocycles. The molecule has 3 rings (SSSR count). The second kappa shape index (κ2) is 11.1. The van der Waals surface area contributed by atoms with Gasteiger partial charge in [-0.05, 0) is 62.9 Å². The first-order valence-electron chi connectivity index (χ1n) is 11.1. The third-order valence-electron chi connectivity index (χ3n) is 5.92. The van der Waals surface area contributed by atoms with Gasteiger partial charge in [-0.1, -0.05) is 37.6 Å². The van der Waals surface area contributed by atoms with Gasteiger partial charge in [0.2, 0.25) is 0 Å². The number of piperidine rings is 1. The number of tetrazole rings is 1. The van der Waals surface area contributed by atoms with E-state index in [0.29, 0.717) is 24.7 Å². The Morgan fingerprint density at radius 2 is 2.10 bits per heavy atom. The average Bonchev–Trinajstić information content (AvgIpc) is 3.27. The van der Waals surface area contributed by atoms with Crippen LogP contribution in [0.25, 0.3) is 0 Å². The molecule has 8 nitrogen and oxygen atoms in total. The van der Waals surface area contributed by atoms with E-state index in [0.717, 1.165) is 30.8 Å². The molecule has 3 N–H and O–H groups in total. The SMILES string of the molecule is CCC[C@H](C(=O)O)[C@H](Cc1ccc(NC2CCCN(CCC)C2)cc1)c1nn[nH]n1. The molecule has 0 bridgehead atoms. The van der Waals surface area contributed by atoms with Crippen LogP contribution < -0.4 is 5.32 Å². The normalized spacial score (nSPS) is 19.3. The Kier molecular flexibility index (Phi) is 8.19. The monoisotopic (exact) mass is 414 g/mol. The number of benzene rings is 1. The van der Waals surface area contributed by atoms with Gasteiger partial charge in [0.05, 0.1) is 5.92 Å². The van der Waals surface area contributed by atoms with Crippen LogP contribution in [0, 0.1) is 5.92 Å². The number of hydrogen-bond acceptors (Lipinski definition) is 6. The fourth-order valence-corrected chi connectivity index (χ4v) is 4.47. The topological polar surface area (TPSA) is 107 Å². The number of nitrogens with one attached hydrogen (secondary N) is 2. The van der Waals surface area contributed by atoms with E-state index in [1.807, 2.05) is 6.92 Å². The summed E-state index contributed by atoms with van der Waals surface area (Å²) in [7, 11) is 0. The summed E-state index contributed by atoms with van der Waals surface area (Å²) >= 11 is 0. The van der Waals surface area contributed by atoms with Crippen LogP contribution in [0.1, 0.15) is 63.3 Å². The van der Waals surface area contributed by atoms with Crippen molar-refractivity contribution in [2.45, 2.75) is 64.3 Å². The van der Waals surface area contributed by atoms with E-state index in [4.69, 9.17) is 0 Å². The van der Waals surface area contributed by atoms with Crippen molar-refractivity contribution in [2.75, 3.05) is 25.0 Å². The first-order valence-corrected chi connectivity index (χ1v) is 11.1. The number of carbonyl (C=O) groups is 1. The molecule has 0 amide bonds. The number of aromatic amines is 1. The van der Waals surface area contributed by atoms with Crippen LogP contribution in [0.15, 0.2) is 24.3 Å². The molecule has 1 saturated heterocycles. The number of H-pyrrole nitrogens is 1. The molecular formula is C22H34N6O2. The van der Waals surface area contributed by atoms with Gasteiger partial charge in [-0.25, -0.2) is 0 Å². The van der Waals surface area contributed by atoms with Crippen LogP contribution in [-0.4, -0.2) is 62.3 Å². The minimum absolute atomic E-state index is 0.305.